The number of thioether (sulfide) groups is 1. The van der Waals surface area contributed by atoms with Crippen molar-refractivity contribution >= 4 is 23.5 Å². The number of rotatable bonds is 8. The molecular formula is C16H22O4S. The highest BCUT2D eigenvalue weighted by Gasteiger charge is 2.39. The summed E-state index contributed by atoms with van der Waals surface area (Å²) in [7, 11) is 1.46. The average Bonchev–Trinajstić information content (AvgIpc) is 2.48. The molecule has 1 aromatic carbocycles. The van der Waals surface area contributed by atoms with E-state index in [1.807, 2.05) is 30.3 Å². The van der Waals surface area contributed by atoms with Crippen LogP contribution in [0.15, 0.2) is 30.3 Å². The van der Waals surface area contributed by atoms with Crippen LogP contribution in [0.3, 0.4) is 0 Å². The van der Waals surface area contributed by atoms with Crippen LogP contribution in [0.4, 0.5) is 0 Å². The smallest absolute Gasteiger partial charge is 0.326 e. The molecular weight excluding hydrogens is 288 g/mol. The van der Waals surface area contributed by atoms with Gasteiger partial charge in [0.1, 0.15) is 5.60 Å². The van der Waals surface area contributed by atoms with E-state index >= 15 is 0 Å². The van der Waals surface area contributed by atoms with Gasteiger partial charge in [-0.15, -0.1) is 11.8 Å². The molecule has 0 spiro atoms. The number of carbonyl (C=O) groups is 2. The molecule has 0 aliphatic carbocycles. The van der Waals surface area contributed by atoms with Gasteiger partial charge in [-0.05, 0) is 26.3 Å². The summed E-state index contributed by atoms with van der Waals surface area (Å²) >= 11 is 1.27. The first-order chi connectivity index (χ1) is 9.92. The zero-order valence-electron chi connectivity index (χ0n) is 12.9. The van der Waals surface area contributed by atoms with Crippen LogP contribution in [0.25, 0.3) is 0 Å². The van der Waals surface area contributed by atoms with E-state index in [0.717, 1.165) is 5.56 Å². The number of ketones is 1. The lowest BCUT2D eigenvalue weighted by Gasteiger charge is -2.25. The molecule has 0 saturated heterocycles. The van der Waals surface area contributed by atoms with Gasteiger partial charge < -0.3 is 9.47 Å². The molecule has 1 atom stereocenters. The van der Waals surface area contributed by atoms with Crippen molar-refractivity contribution in [3.8, 4) is 0 Å². The molecule has 5 heteroatoms. The Morgan fingerprint density at radius 2 is 1.86 bits per heavy atom. The highest BCUT2D eigenvalue weighted by Crippen LogP contribution is 2.25. The SMILES string of the molecule is CCOC(=O)C(SCc1ccccc1)C(=O)C(C)(C)OC. The van der Waals surface area contributed by atoms with Gasteiger partial charge in [-0.2, -0.15) is 0 Å². The zero-order valence-corrected chi connectivity index (χ0v) is 13.7. The lowest BCUT2D eigenvalue weighted by molar-refractivity contribution is -0.149. The lowest BCUT2D eigenvalue weighted by atomic mass is 10.0. The summed E-state index contributed by atoms with van der Waals surface area (Å²) in [4.78, 5) is 24.5. The molecule has 21 heavy (non-hydrogen) atoms. The monoisotopic (exact) mass is 310 g/mol. The van der Waals surface area contributed by atoms with Crippen molar-refractivity contribution in [3.63, 3.8) is 0 Å². The Labute approximate surface area is 130 Å². The van der Waals surface area contributed by atoms with Gasteiger partial charge in [0, 0.05) is 12.9 Å². The molecule has 0 N–H and O–H groups in total. The van der Waals surface area contributed by atoms with Crippen LogP contribution in [0, 0.1) is 0 Å². The summed E-state index contributed by atoms with van der Waals surface area (Å²) in [6, 6.07) is 9.70. The molecule has 0 heterocycles. The Balaban J connectivity index is 2.82. The predicted octanol–water partition coefficient (Wildman–Crippen LogP) is 2.85. The van der Waals surface area contributed by atoms with Crippen molar-refractivity contribution in [1.82, 2.24) is 0 Å². The summed E-state index contributed by atoms with van der Waals surface area (Å²) < 4.78 is 10.2. The van der Waals surface area contributed by atoms with Crippen molar-refractivity contribution in [3.05, 3.63) is 35.9 Å². The van der Waals surface area contributed by atoms with Gasteiger partial charge in [0.2, 0.25) is 0 Å². The second-order valence-electron chi connectivity index (χ2n) is 5.01. The second-order valence-corrected chi connectivity index (χ2v) is 6.10. The van der Waals surface area contributed by atoms with Crippen molar-refractivity contribution in [2.75, 3.05) is 13.7 Å². The van der Waals surface area contributed by atoms with E-state index in [0.29, 0.717) is 5.75 Å². The topological polar surface area (TPSA) is 52.6 Å². The number of hydrogen-bond donors (Lipinski definition) is 0. The summed E-state index contributed by atoms with van der Waals surface area (Å²) in [6.07, 6.45) is 0. The Morgan fingerprint density at radius 1 is 1.24 bits per heavy atom. The van der Waals surface area contributed by atoms with E-state index in [2.05, 4.69) is 0 Å². The molecule has 0 amide bonds. The van der Waals surface area contributed by atoms with E-state index in [1.54, 1.807) is 20.8 Å². The van der Waals surface area contributed by atoms with Gasteiger partial charge in [-0.25, -0.2) is 0 Å². The van der Waals surface area contributed by atoms with Gasteiger partial charge in [-0.3, -0.25) is 9.59 Å². The molecule has 1 unspecified atom stereocenters. The first kappa shape index (κ1) is 17.7. The third-order valence-electron chi connectivity index (χ3n) is 3.10. The molecule has 0 aliphatic rings. The highest BCUT2D eigenvalue weighted by molar-refractivity contribution is 8.00. The number of Topliss-reactive ketones (excluding diaryl/α,β-unsaturated/α-hetero) is 1. The number of ether oxygens (including phenoxy) is 2. The average molecular weight is 310 g/mol. The minimum Gasteiger partial charge on any atom is -0.465 e. The van der Waals surface area contributed by atoms with E-state index in [-0.39, 0.29) is 12.4 Å². The summed E-state index contributed by atoms with van der Waals surface area (Å²) in [5, 5.41) is -0.875. The van der Waals surface area contributed by atoms with E-state index in [1.165, 1.54) is 18.9 Å². The van der Waals surface area contributed by atoms with Gasteiger partial charge >= 0.3 is 5.97 Å². The second kappa shape index (κ2) is 8.20. The number of hydrogen-bond acceptors (Lipinski definition) is 5. The van der Waals surface area contributed by atoms with Crippen molar-refractivity contribution in [1.29, 1.82) is 0 Å². The summed E-state index contributed by atoms with van der Waals surface area (Å²) in [5.74, 6) is -0.214. The van der Waals surface area contributed by atoms with Crippen LogP contribution in [0.2, 0.25) is 0 Å². The fourth-order valence-electron chi connectivity index (χ4n) is 1.64. The lowest BCUT2D eigenvalue weighted by Crippen LogP contribution is -2.44. The van der Waals surface area contributed by atoms with Gasteiger partial charge in [-0.1, -0.05) is 30.3 Å². The van der Waals surface area contributed by atoms with E-state index in [9.17, 15) is 9.59 Å². The molecule has 0 bridgehead atoms. The van der Waals surface area contributed by atoms with E-state index in [4.69, 9.17) is 9.47 Å². The minimum absolute atomic E-state index is 0.252. The van der Waals surface area contributed by atoms with Crippen LogP contribution in [0.5, 0.6) is 0 Å². The molecule has 1 rings (SSSR count). The first-order valence-corrected chi connectivity index (χ1v) is 7.89. The van der Waals surface area contributed by atoms with Crippen molar-refractivity contribution < 1.29 is 19.1 Å². The molecule has 116 valence electrons. The summed E-state index contributed by atoms with van der Waals surface area (Å²) in [5.41, 5.74) is 0.0426. The zero-order chi connectivity index (χ0) is 15.9. The van der Waals surface area contributed by atoms with Gasteiger partial charge in [0.25, 0.3) is 0 Å². The predicted molar refractivity (Wildman–Crippen MR) is 84.3 cm³/mol. The van der Waals surface area contributed by atoms with Crippen molar-refractivity contribution in [2.45, 2.75) is 37.4 Å². The highest BCUT2D eigenvalue weighted by atomic mass is 32.2. The maximum Gasteiger partial charge on any atom is 0.326 e. The molecule has 1 aromatic rings. The fourth-order valence-corrected chi connectivity index (χ4v) is 2.83. The van der Waals surface area contributed by atoms with Gasteiger partial charge in [0.15, 0.2) is 11.0 Å². The van der Waals surface area contributed by atoms with Crippen LogP contribution in [-0.4, -0.2) is 36.3 Å². The van der Waals surface area contributed by atoms with E-state index < -0.39 is 16.8 Å². The van der Waals surface area contributed by atoms with Gasteiger partial charge in [0.05, 0.1) is 6.61 Å². The van der Waals surface area contributed by atoms with Crippen LogP contribution < -0.4 is 0 Å². The van der Waals surface area contributed by atoms with Crippen molar-refractivity contribution in [2.24, 2.45) is 0 Å². The molecule has 4 nitrogen and oxygen atoms in total. The van der Waals surface area contributed by atoms with Crippen LogP contribution in [-0.2, 0) is 24.8 Å². The molecule has 0 aliphatic heterocycles. The number of benzene rings is 1. The maximum atomic E-state index is 12.5. The molecule has 0 aromatic heterocycles. The quantitative estimate of drug-likeness (QED) is 0.546. The molecule has 0 fully saturated rings. The minimum atomic E-state index is -1.01. The third-order valence-corrected chi connectivity index (χ3v) is 4.34. The number of esters is 1. The standard InChI is InChI=1S/C16H22O4S/c1-5-20-15(18)13(14(17)16(2,3)19-4)21-11-12-9-7-6-8-10-12/h6-10,13H,5,11H2,1-4H3. The Kier molecular flexibility index (Phi) is 6.92. The largest absolute Gasteiger partial charge is 0.465 e. The Morgan fingerprint density at radius 3 is 2.38 bits per heavy atom. The first-order valence-electron chi connectivity index (χ1n) is 6.84. The van der Waals surface area contributed by atoms with Crippen LogP contribution in [0.1, 0.15) is 26.3 Å². The number of carbonyl (C=O) groups excluding carboxylic acids is 2. The molecule has 0 radical (unpaired) electrons. The third kappa shape index (κ3) is 5.17. The molecule has 0 saturated carbocycles. The number of methoxy groups -OCH3 is 1. The fraction of sp³-hybridized carbons (Fsp3) is 0.500. The Hall–Kier alpha value is -1.33. The normalized spacial score (nSPS) is 12.8. The van der Waals surface area contributed by atoms with Crippen LogP contribution >= 0.6 is 11.8 Å². The summed E-state index contributed by atoms with van der Waals surface area (Å²) in [6.45, 7) is 5.29. The Bertz CT molecular complexity index is 470. The maximum absolute atomic E-state index is 12.5.